The summed E-state index contributed by atoms with van der Waals surface area (Å²) < 4.78 is 2.28. The third-order valence-corrected chi connectivity index (χ3v) is 5.85. The van der Waals surface area contributed by atoms with Crippen LogP contribution in [0.2, 0.25) is 10.0 Å². The SMILES string of the molecule is CCN(CC)CCCNCc1cn(Cc2ccc(Cl)cc2Cl)c2ccccc12.Cl.Cl. The van der Waals surface area contributed by atoms with E-state index in [-0.39, 0.29) is 24.8 Å². The number of benzene rings is 2. The maximum Gasteiger partial charge on any atom is 0.0491 e. The first-order valence-electron chi connectivity index (χ1n) is 10.1. The van der Waals surface area contributed by atoms with Crippen LogP contribution in [0.3, 0.4) is 0 Å². The second-order valence-electron chi connectivity index (χ2n) is 7.09. The number of halogens is 4. The minimum absolute atomic E-state index is 0. The van der Waals surface area contributed by atoms with Crippen molar-refractivity contribution in [1.82, 2.24) is 14.8 Å². The Kier molecular flexibility index (Phi) is 12.2. The molecule has 1 N–H and O–H groups in total. The lowest BCUT2D eigenvalue weighted by Gasteiger charge is -2.17. The Morgan fingerprint density at radius 2 is 1.70 bits per heavy atom. The van der Waals surface area contributed by atoms with E-state index in [1.54, 1.807) is 0 Å². The van der Waals surface area contributed by atoms with Crippen LogP contribution in [0.4, 0.5) is 0 Å². The van der Waals surface area contributed by atoms with Gasteiger partial charge in [-0.25, -0.2) is 0 Å². The number of hydrogen-bond donors (Lipinski definition) is 1. The lowest BCUT2D eigenvalue weighted by Crippen LogP contribution is -2.27. The smallest absolute Gasteiger partial charge is 0.0491 e. The molecule has 0 aliphatic heterocycles. The average Bonchev–Trinajstić information content (AvgIpc) is 3.05. The van der Waals surface area contributed by atoms with E-state index in [0.717, 1.165) is 44.8 Å². The molecular formula is C23H31Cl4N3. The van der Waals surface area contributed by atoms with Gasteiger partial charge in [-0.2, -0.15) is 0 Å². The molecule has 7 heteroatoms. The molecule has 1 aromatic heterocycles. The lowest BCUT2D eigenvalue weighted by atomic mass is 10.2. The van der Waals surface area contributed by atoms with Crippen molar-refractivity contribution in [3.63, 3.8) is 0 Å². The zero-order valence-electron chi connectivity index (χ0n) is 17.5. The molecule has 3 aromatic rings. The summed E-state index contributed by atoms with van der Waals surface area (Å²) in [5.41, 5.74) is 3.63. The van der Waals surface area contributed by atoms with Crippen LogP contribution in [0.15, 0.2) is 48.7 Å². The van der Waals surface area contributed by atoms with Crippen molar-refractivity contribution in [2.24, 2.45) is 0 Å². The van der Waals surface area contributed by atoms with Crippen molar-refractivity contribution in [3.05, 3.63) is 69.8 Å². The summed E-state index contributed by atoms with van der Waals surface area (Å²) in [5.74, 6) is 0. The predicted molar refractivity (Wildman–Crippen MR) is 136 cm³/mol. The second-order valence-corrected chi connectivity index (χ2v) is 7.94. The number of aromatic nitrogens is 1. The van der Waals surface area contributed by atoms with Gasteiger partial charge in [0, 0.05) is 40.2 Å². The van der Waals surface area contributed by atoms with Gasteiger partial charge in [0.1, 0.15) is 0 Å². The minimum atomic E-state index is 0. The Balaban J connectivity index is 0.00000225. The van der Waals surface area contributed by atoms with Gasteiger partial charge in [0.25, 0.3) is 0 Å². The maximum absolute atomic E-state index is 6.39. The number of rotatable bonds is 10. The number of para-hydroxylation sites is 1. The van der Waals surface area contributed by atoms with Crippen molar-refractivity contribution in [1.29, 1.82) is 0 Å². The van der Waals surface area contributed by atoms with Gasteiger partial charge in [-0.15, -0.1) is 24.8 Å². The molecule has 0 spiro atoms. The van der Waals surface area contributed by atoms with Gasteiger partial charge in [0.15, 0.2) is 0 Å². The Labute approximate surface area is 202 Å². The molecule has 3 nitrogen and oxygen atoms in total. The van der Waals surface area contributed by atoms with Crippen LogP contribution >= 0.6 is 48.0 Å². The van der Waals surface area contributed by atoms with Gasteiger partial charge >= 0.3 is 0 Å². The summed E-state index contributed by atoms with van der Waals surface area (Å²) >= 11 is 12.4. The quantitative estimate of drug-likeness (QED) is 0.320. The summed E-state index contributed by atoms with van der Waals surface area (Å²) in [6, 6.07) is 14.3. The molecule has 0 atom stereocenters. The van der Waals surface area contributed by atoms with E-state index < -0.39 is 0 Å². The zero-order chi connectivity index (χ0) is 19.9. The molecule has 0 saturated heterocycles. The summed E-state index contributed by atoms with van der Waals surface area (Å²) in [4.78, 5) is 2.46. The first kappa shape index (κ1) is 27.1. The fourth-order valence-electron chi connectivity index (χ4n) is 3.62. The van der Waals surface area contributed by atoms with Crippen LogP contribution in [0, 0.1) is 0 Å². The summed E-state index contributed by atoms with van der Waals surface area (Å²) in [5, 5.41) is 6.28. The summed E-state index contributed by atoms with van der Waals surface area (Å²) in [7, 11) is 0. The van der Waals surface area contributed by atoms with Crippen molar-refractivity contribution in [2.45, 2.75) is 33.4 Å². The van der Waals surface area contributed by atoms with E-state index in [9.17, 15) is 0 Å². The molecule has 1 heterocycles. The largest absolute Gasteiger partial charge is 0.343 e. The minimum Gasteiger partial charge on any atom is -0.343 e. The first-order valence-corrected chi connectivity index (χ1v) is 10.8. The molecule has 0 fully saturated rings. The standard InChI is InChI=1S/C23H29Cl2N3.2ClH/c1-3-27(4-2)13-7-12-26-15-19-17-28(23-9-6-5-8-21(19)23)16-18-10-11-20(24)14-22(18)25;;/h5-6,8-11,14,17,26H,3-4,7,12-13,15-16H2,1-2H3;2*1H. The molecule has 0 saturated carbocycles. The molecule has 0 aliphatic carbocycles. The molecule has 0 aliphatic rings. The Hall–Kier alpha value is -0.940. The first-order chi connectivity index (χ1) is 13.6. The van der Waals surface area contributed by atoms with E-state index in [4.69, 9.17) is 23.2 Å². The van der Waals surface area contributed by atoms with E-state index >= 15 is 0 Å². The van der Waals surface area contributed by atoms with Crippen molar-refractivity contribution in [3.8, 4) is 0 Å². The Bertz CT molecular complexity index is 907. The van der Waals surface area contributed by atoms with Gasteiger partial charge in [0.05, 0.1) is 0 Å². The Morgan fingerprint density at radius 3 is 2.40 bits per heavy atom. The van der Waals surface area contributed by atoms with Crippen LogP contribution < -0.4 is 5.32 Å². The summed E-state index contributed by atoms with van der Waals surface area (Å²) in [6.07, 6.45) is 3.41. The number of nitrogens with one attached hydrogen (secondary N) is 1. The van der Waals surface area contributed by atoms with E-state index in [2.05, 4.69) is 59.1 Å². The van der Waals surface area contributed by atoms with Gasteiger partial charge in [-0.3, -0.25) is 0 Å². The molecule has 166 valence electrons. The fourth-order valence-corrected chi connectivity index (χ4v) is 4.09. The normalized spacial score (nSPS) is 10.8. The van der Waals surface area contributed by atoms with Crippen LogP contribution in [-0.2, 0) is 13.1 Å². The van der Waals surface area contributed by atoms with E-state index in [1.807, 2.05) is 18.2 Å². The monoisotopic (exact) mass is 489 g/mol. The van der Waals surface area contributed by atoms with Crippen molar-refractivity contribution >= 4 is 58.9 Å². The number of nitrogens with zero attached hydrogens (tertiary/aromatic N) is 2. The topological polar surface area (TPSA) is 20.2 Å². The molecule has 30 heavy (non-hydrogen) atoms. The van der Waals surface area contributed by atoms with Crippen LogP contribution in [0.5, 0.6) is 0 Å². The number of fused-ring (bicyclic) bond motifs is 1. The molecule has 0 bridgehead atoms. The molecule has 3 rings (SSSR count). The van der Waals surface area contributed by atoms with Crippen LogP contribution in [-0.4, -0.2) is 35.6 Å². The molecule has 2 aromatic carbocycles. The summed E-state index contributed by atoms with van der Waals surface area (Å²) in [6.45, 7) is 10.5. The predicted octanol–water partition coefficient (Wildman–Crippen LogP) is 6.66. The third-order valence-electron chi connectivity index (χ3n) is 5.26. The van der Waals surface area contributed by atoms with Crippen LogP contribution in [0.25, 0.3) is 10.9 Å². The molecular weight excluding hydrogens is 460 g/mol. The highest BCUT2D eigenvalue weighted by Gasteiger charge is 2.10. The van der Waals surface area contributed by atoms with Crippen molar-refractivity contribution < 1.29 is 0 Å². The highest BCUT2D eigenvalue weighted by molar-refractivity contribution is 6.35. The zero-order valence-corrected chi connectivity index (χ0v) is 20.7. The van der Waals surface area contributed by atoms with Crippen molar-refractivity contribution in [2.75, 3.05) is 26.2 Å². The van der Waals surface area contributed by atoms with E-state index in [0.29, 0.717) is 10.0 Å². The highest BCUT2D eigenvalue weighted by atomic mass is 35.5. The molecule has 0 radical (unpaired) electrons. The lowest BCUT2D eigenvalue weighted by molar-refractivity contribution is 0.298. The van der Waals surface area contributed by atoms with Gasteiger partial charge in [-0.05, 0) is 61.9 Å². The third kappa shape index (κ3) is 7.05. The molecule has 0 unspecified atom stereocenters. The van der Waals surface area contributed by atoms with Crippen LogP contribution in [0.1, 0.15) is 31.4 Å². The number of hydrogen-bond acceptors (Lipinski definition) is 2. The van der Waals surface area contributed by atoms with E-state index in [1.165, 1.54) is 22.9 Å². The highest BCUT2D eigenvalue weighted by Crippen LogP contribution is 2.26. The average molecular weight is 491 g/mol. The second kappa shape index (κ2) is 13.5. The van der Waals surface area contributed by atoms with Gasteiger partial charge < -0.3 is 14.8 Å². The van der Waals surface area contributed by atoms with Gasteiger partial charge in [0.2, 0.25) is 0 Å². The fraction of sp³-hybridized carbons (Fsp3) is 0.391. The van der Waals surface area contributed by atoms with Gasteiger partial charge in [-0.1, -0.05) is 61.3 Å². The Morgan fingerprint density at radius 1 is 0.967 bits per heavy atom. The molecule has 0 amide bonds. The maximum atomic E-state index is 6.39.